The third-order valence-electron chi connectivity index (χ3n) is 3.85. The van der Waals surface area contributed by atoms with Crippen LogP contribution in [0.4, 0.5) is 0 Å². The van der Waals surface area contributed by atoms with Crippen LogP contribution >= 0.6 is 0 Å². The zero-order valence-corrected chi connectivity index (χ0v) is 11.6. The Balaban J connectivity index is 1.63. The summed E-state index contributed by atoms with van der Waals surface area (Å²) in [5.41, 5.74) is 2.78. The van der Waals surface area contributed by atoms with Crippen LogP contribution in [0, 0.1) is 0 Å². The minimum Gasteiger partial charge on any atom is -0.350 e. The number of H-pyrrole nitrogens is 1. The van der Waals surface area contributed by atoms with Crippen LogP contribution in [0.3, 0.4) is 0 Å². The molecule has 0 radical (unpaired) electrons. The van der Waals surface area contributed by atoms with Crippen LogP contribution in [-0.4, -0.2) is 30.0 Å². The number of ether oxygens (including phenoxy) is 4. The van der Waals surface area contributed by atoms with E-state index in [0.717, 1.165) is 16.8 Å². The van der Waals surface area contributed by atoms with Gasteiger partial charge in [-0.05, 0) is 0 Å². The fraction of sp³-hybridized carbons (Fsp3) is 0.400. The molecule has 110 valence electrons. The first-order valence-electron chi connectivity index (χ1n) is 6.90. The van der Waals surface area contributed by atoms with Gasteiger partial charge in [-0.15, -0.1) is 0 Å². The maximum Gasteiger partial charge on any atom is 0.201 e. The van der Waals surface area contributed by atoms with Crippen LogP contribution in [0.5, 0.6) is 0 Å². The van der Waals surface area contributed by atoms with Crippen molar-refractivity contribution in [3.8, 4) is 0 Å². The Bertz CT molecular complexity index is 615. The van der Waals surface area contributed by atoms with E-state index in [1.807, 2.05) is 30.3 Å². The lowest BCUT2D eigenvalue weighted by atomic mass is 10.0. The molecular weight excluding hydrogens is 272 g/mol. The van der Waals surface area contributed by atoms with Crippen molar-refractivity contribution in [2.75, 3.05) is 13.7 Å². The molecule has 1 fully saturated rings. The highest BCUT2D eigenvalue weighted by molar-refractivity contribution is 5.25. The number of benzene rings is 1. The molecular formula is C15H16N2O4. The number of aromatic nitrogens is 2. The first-order valence-corrected chi connectivity index (χ1v) is 6.90. The summed E-state index contributed by atoms with van der Waals surface area (Å²) in [5.74, 6) is 0. The molecule has 21 heavy (non-hydrogen) atoms. The van der Waals surface area contributed by atoms with E-state index in [1.165, 1.54) is 0 Å². The lowest BCUT2D eigenvalue weighted by Gasteiger charge is -2.40. The summed E-state index contributed by atoms with van der Waals surface area (Å²) in [6.45, 7) is 0.453. The highest BCUT2D eigenvalue weighted by atomic mass is 16.7. The molecule has 0 bridgehead atoms. The van der Waals surface area contributed by atoms with Crippen molar-refractivity contribution in [2.24, 2.45) is 0 Å². The van der Waals surface area contributed by atoms with Gasteiger partial charge in [-0.25, -0.2) is 0 Å². The highest BCUT2D eigenvalue weighted by Crippen LogP contribution is 2.43. The van der Waals surface area contributed by atoms with Crippen LogP contribution < -0.4 is 0 Å². The van der Waals surface area contributed by atoms with Gasteiger partial charge in [-0.2, -0.15) is 5.10 Å². The molecule has 0 saturated carbocycles. The molecule has 4 rings (SSSR count). The average molecular weight is 288 g/mol. The summed E-state index contributed by atoms with van der Waals surface area (Å²) in [6.07, 6.45) is 0.529. The quantitative estimate of drug-likeness (QED) is 0.918. The molecule has 6 nitrogen and oxygen atoms in total. The summed E-state index contributed by atoms with van der Waals surface area (Å²) in [5, 5.41) is 7.01. The Morgan fingerprint density at radius 2 is 2.10 bits per heavy atom. The smallest absolute Gasteiger partial charge is 0.201 e. The topological polar surface area (TPSA) is 65.6 Å². The summed E-state index contributed by atoms with van der Waals surface area (Å²) in [4.78, 5) is 0. The molecule has 2 aliphatic heterocycles. The molecule has 1 saturated heterocycles. The number of nitrogens with zero attached hydrogens (tertiary/aromatic N) is 1. The maximum absolute atomic E-state index is 6.09. The van der Waals surface area contributed by atoms with E-state index < -0.39 is 12.6 Å². The average Bonchev–Trinajstić information content (AvgIpc) is 3.04. The lowest BCUT2D eigenvalue weighted by molar-refractivity contribution is -0.306. The Labute approximate surface area is 122 Å². The Morgan fingerprint density at radius 3 is 2.90 bits per heavy atom. The first-order chi connectivity index (χ1) is 10.4. The van der Waals surface area contributed by atoms with Gasteiger partial charge in [0, 0.05) is 18.2 Å². The molecule has 0 amide bonds. The molecule has 1 aromatic heterocycles. The van der Waals surface area contributed by atoms with Crippen molar-refractivity contribution < 1.29 is 18.9 Å². The molecule has 4 atom stereocenters. The number of nitrogens with one attached hydrogen (secondary N) is 1. The minimum atomic E-state index is -0.454. The SMILES string of the molecule is CO[C@H]1O[C@@H]2CO[C@@H](c3ccccc3)O[C@H]2c2cn[nH]c21. The summed E-state index contributed by atoms with van der Waals surface area (Å²) in [7, 11) is 1.60. The van der Waals surface area contributed by atoms with Gasteiger partial charge in [0.15, 0.2) is 6.29 Å². The fourth-order valence-corrected chi connectivity index (χ4v) is 2.82. The Morgan fingerprint density at radius 1 is 1.24 bits per heavy atom. The van der Waals surface area contributed by atoms with E-state index in [9.17, 15) is 0 Å². The van der Waals surface area contributed by atoms with Gasteiger partial charge in [0.1, 0.15) is 12.2 Å². The maximum atomic E-state index is 6.09. The van der Waals surface area contributed by atoms with Crippen molar-refractivity contribution >= 4 is 0 Å². The number of fused-ring (bicyclic) bond motifs is 3. The van der Waals surface area contributed by atoms with Crippen molar-refractivity contribution in [3.63, 3.8) is 0 Å². The standard InChI is InChI=1S/C15H16N2O4/c1-18-15-12-10(7-16-17-12)13-11(20-15)8-19-14(21-13)9-5-3-2-4-6-9/h2-7,11,13-15H,8H2,1H3,(H,16,17)/t11-,13+,14-,15+/m1/s1. The van der Waals surface area contributed by atoms with Gasteiger partial charge in [0.05, 0.1) is 18.5 Å². The largest absolute Gasteiger partial charge is 0.350 e. The monoisotopic (exact) mass is 288 g/mol. The Kier molecular flexibility index (Phi) is 3.23. The van der Waals surface area contributed by atoms with Crippen LogP contribution in [-0.2, 0) is 18.9 Å². The molecule has 2 aliphatic rings. The molecule has 2 aromatic rings. The van der Waals surface area contributed by atoms with Crippen molar-refractivity contribution in [1.82, 2.24) is 10.2 Å². The Hall–Kier alpha value is -1.73. The van der Waals surface area contributed by atoms with Crippen LogP contribution in [0.25, 0.3) is 0 Å². The van der Waals surface area contributed by atoms with Crippen LogP contribution in [0.2, 0.25) is 0 Å². The van der Waals surface area contributed by atoms with Crippen LogP contribution in [0.1, 0.15) is 35.5 Å². The molecule has 0 aliphatic carbocycles. The zero-order chi connectivity index (χ0) is 14.2. The summed E-state index contributed by atoms with van der Waals surface area (Å²) in [6, 6.07) is 9.88. The van der Waals surface area contributed by atoms with Gasteiger partial charge >= 0.3 is 0 Å². The van der Waals surface area contributed by atoms with Gasteiger partial charge in [-0.3, -0.25) is 5.10 Å². The normalized spacial score (nSPS) is 31.5. The first kappa shape index (κ1) is 13.0. The number of aromatic amines is 1. The number of hydrogen-bond acceptors (Lipinski definition) is 5. The minimum absolute atomic E-state index is 0.194. The van der Waals surface area contributed by atoms with Gasteiger partial charge < -0.3 is 18.9 Å². The van der Waals surface area contributed by atoms with Gasteiger partial charge in [-0.1, -0.05) is 30.3 Å². The van der Waals surface area contributed by atoms with E-state index in [-0.39, 0.29) is 12.2 Å². The van der Waals surface area contributed by atoms with Crippen molar-refractivity contribution in [3.05, 3.63) is 53.3 Å². The van der Waals surface area contributed by atoms with E-state index >= 15 is 0 Å². The lowest BCUT2D eigenvalue weighted by Crippen LogP contribution is -2.41. The zero-order valence-electron chi connectivity index (χ0n) is 11.6. The van der Waals surface area contributed by atoms with Gasteiger partial charge in [0.25, 0.3) is 0 Å². The van der Waals surface area contributed by atoms with Gasteiger partial charge in [0.2, 0.25) is 6.29 Å². The molecule has 6 heteroatoms. The molecule has 3 heterocycles. The molecule has 0 unspecified atom stereocenters. The molecule has 1 N–H and O–H groups in total. The van der Waals surface area contributed by atoms with E-state index in [0.29, 0.717) is 6.61 Å². The number of rotatable bonds is 2. The fourth-order valence-electron chi connectivity index (χ4n) is 2.82. The van der Waals surface area contributed by atoms with E-state index in [2.05, 4.69) is 10.2 Å². The second-order valence-electron chi connectivity index (χ2n) is 5.11. The van der Waals surface area contributed by atoms with E-state index in [4.69, 9.17) is 18.9 Å². The van der Waals surface area contributed by atoms with Crippen molar-refractivity contribution in [2.45, 2.75) is 24.8 Å². The summed E-state index contributed by atoms with van der Waals surface area (Å²) >= 11 is 0. The predicted octanol–water partition coefficient (Wildman–Crippen LogP) is 2.24. The van der Waals surface area contributed by atoms with Crippen molar-refractivity contribution in [1.29, 1.82) is 0 Å². The number of methoxy groups -OCH3 is 1. The molecule has 0 spiro atoms. The second kappa shape index (κ2) is 5.23. The second-order valence-corrected chi connectivity index (χ2v) is 5.11. The third-order valence-corrected chi connectivity index (χ3v) is 3.85. The van der Waals surface area contributed by atoms with E-state index in [1.54, 1.807) is 13.3 Å². The third kappa shape index (κ3) is 2.16. The predicted molar refractivity (Wildman–Crippen MR) is 72.2 cm³/mol. The van der Waals surface area contributed by atoms with Crippen LogP contribution in [0.15, 0.2) is 36.5 Å². The number of hydrogen-bond donors (Lipinski definition) is 1. The highest BCUT2D eigenvalue weighted by Gasteiger charge is 2.43. The molecule has 1 aromatic carbocycles. The summed E-state index contributed by atoms with van der Waals surface area (Å²) < 4.78 is 23.1.